The Morgan fingerprint density at radius 2 is 1.68 bits per heavy atom. The lowest BCUT2D eigenvalue weighted by Crippen LogP contribution is -2.30. The molecule has 0 radical (unpaired) electrons. The molecule has 0 unspecified atom stereocenters. The number of nitrogens with one attached hydrogen (secondary N) is 1. The molecule has 2 aromatic carbocycles. The molecule has 1 atom stereocenters. The van der Waals surface area contributed by atoms with E-state index in [0.29, 0.717) is 11.4 Å². The van der Waals surface area contributed by atoms with Crippen molar-refractivity contribution in [3.63, 3.8) is 0 Å². The van der Waals surface area contributed by atoms with E-state index in [4.69, 9.17) is 14.2 Å². The summed E-state index contributed by atoms with van der Waals surface area (Å²) in [5.74, 6) is -0.406. The monoisotopic (exact) mass is 343 g/mol. The number of carbonyl (C=O) groups excluding carboxylic acids is 2. The molecule has 0 aliphatic carbocycles. The normalized spacial score (nSPS) is 11.4. The van der Waals surface area contributed by atoms with Crippen molar-refractivity contribution in [3.05, 3.63) is 53.6 Å². The second-order valence-corrected chi connectivity index (χ2v) is 5.44. The molecular formula is C19H21NO5. The first-order chi connectivity index (χ1) is 12.0. The minimum atomic E-state index is -0.968. The van der Waals surface area contributed by atoms with Crippen LogP contribution >= 0.6 is 0 Å². The quantitative estimate of drug-likeness (QED) is 0.816. The number of hydrogen-bond donors (Lipinski definition) is 1. The van der Waals surface area contributed by atoms with Crippen molar-refractivity contribution in [1.29, 1.82) is 0 Å². The predicted molar refractivity (Wildman–Crippen MR) is 94.2 cm³/mol. The van der Waals surface area contributed by atoms with Gasteiger partial charge in [-0.3, -0.25) is 4.79 Å². The molecule has 2 rings (SSSR count). The fourth-order valence-electron chi connectivity index (χ4n) is 2.21. The van der Waals surface area contributed by atoms with E-state index in [9.17, 15) is 9.59 Å². The summed E-state index contributed by atoms with van der Waals surface area (Å²) in [6.45, 7) is 3.46. The Labute approximate surface area is 146 Å². The van der Waals surface area contributed by atoms with E-state index in [1.165, 1.54) is 21.1 Å². The average molecular weight is 343 g/mol. The van der Waals surface area contributed by atoms with E-state index in [2.05, 4.69) is 5.32 Å². The van der Waals surface area contributed by atoms with Crippen LogP contribution in [0.15, 0.2) is 42.5 Å². The van der Waals surface area contributed by atoms with Crippen molar-refractivity contribution in [2.75, 3.05) is 19.5 Å². The van der Waals surface area contributed by atoms with Gasteiger partial charge in [-0.05, 0) is 38.1 Å². The summed E-state index contributed by atoms with van der Waals surface area (Å²) in [5.41, 5.74) is 1.91. The first-order valence-electron chi connectivity index (χ1n) is 7.75. The third-order valence-corrected chi connectivity index (χ3v) is 3.60. The minimum Gasteiger partial charge on any atom is -0.493 e. The van der Waals surface area contributed by atoms with Crippen molar-refractivity contribution in [2.45, 2.75) is 20.0 Å². The van der Waals surface area contributed by atoms with Gasteiger partial charge in [-0.15, -0.1) is 0 Å². The van der Waals surface area contributed by atoms with Crippen LogP contribution in [-0.4, -0.2) is 32.2 Å². The zero-order chi connectivity index (χ0) is 18.4. The third kappa shape index (κ3) is 4.50. The molecule has 0 aromatic heterocycles. The molecule has 6 heteroatoms. The first-order valence-corrected chi connectivity index (χ1v) is 7.75. The highest BCUT2D eigenvalue weighted by Gasteiger charge is 2.23. The third-order valence-electron chi connectivity index (χ3n) is 3.60. The van der Waals surface area contributed by atoms with Crippen molar-refractivity contribution in [3.8, 4) is 11.5 Å². The van der Waals surface area contributed by atoms with Crippen LogP contribution in [0.1, 0.15) is 22.8 Å². The number of anilines is 1. The molecule has 0 aliphatic heterocycles. The van der Waals surface area contributed by atoms with Gasteiger partial charge in [-0.2, -0.15) is 0 Å². The molecule has 0 fully saturated rings. The average Bonchev–Trinajstić information content (AvgIpc) is 2.62. The van der Waals surface area contributed by atoms with Gasteiger partial charge in [0.05, 0.1) is 14.2 Å². The number of aryl methyl sites for hydroxylation is 1. The summed E-state index contributed by atoms with van der Waals surface area (Å²) in [7, 11) is 2.91. The molecule has 1 N–H and O–H groups in total. The van der Waals surface area contributed by atoms with E-state index >= 15 is 0 Å². The smallest absolute Gasteiger partial charge is 0.342 e. The number of para-hydroxylation sites is 1. The number of hydrogen-bond acceptors (Lipinski definition) is 5. The van der Waals surface area contributed by atoms with Crippen molar-refractivity contribution in [2.24, 2.45) is 0 Å². The standard InChI is InChI=1S/C19H21NO5/c1-12-8-10-14(11-9-12)20-18(21)13(2)25-19(22)15-6-5-7-16(23-3)17(15)24-4/h5-11,13H,1-4H3,(H,20,21)/t13-/m1/s1. The topological polar surface area (TPSA) is 73.9 Å². The Balaban J connectivity index is 2.07. The molecule has 132 valence electrons. The molecule has 0 saturated heterocycles. The Bertz CT molecular complexity index is 755. The van der Waals surface area contributed by atoms with Crippen molar-refractivity contribution >= 4 is 17.6 Å². The Kier molecular flexibility index (Phi) is 6.00. The lowest BCUT2D eigenvalue weighted by molar-refractivity contribution is -0.123. The van der Waals surface area contributed by atoms with Gasteiger partial charge in [0.1, 0.15) is 5.56 Å². The Hall–Kier alpha value is -3.02. The van der Waals surface area contributed by atoms with Crippen LogP contribution in [0.4, 0.5) is 5.69 Å². The lowest BCUT2D eigenvalue weighted by Gasteiger charge is -2.16. The summed E-state index contributed by atoms with van der Waals surface area (Å²) >= 11 is 0. The van der Waals surface area contributed by atoms with Gasteiger partial charge < -0.3 is 19.5 Å². The predicted octanol–water partition coefficient (Wildman–Crippen LogP) is 3.20. The molecule has 6 nitrogen and oxygen atoms in total. The number of rotatable bonds is 6. The zero-order valence-electron chi connectivity index (χ0n) is 14.7. The van der Waals surface area contributed by atoms with Crippen LogP contribution in [0.25, 0.3) is 0 Å². The molecule has 2 aromatic rings. The highest BCUT2D eigenvalue weighted by atomic mass is 16.6. The first kappa shape index (κ1) is 18.3. The highest BCUT2D eigenvalue weighted by molar-refractivity contribution is 5.98. The van der Waals surface area contributed by atoms with E-state index < -0.39 is 18.0 Å². The summed E-state index contributed by atoms with van der Waals surface area (Å²) in [6, 6.07) is 12.2. The van der Waals surface area contributed by atoms with Gasteiger partial charge in [0.2, 0.25) is 0 Å². The minimum absolute atomic E-state index is 0.192. The number of carbonyl (C=O) groups is 2. The summed E-state index contributed by atoms with van der Waals surface area (Å²) in [5, 5.41) is 2.70. The molecule has 1 amide bonds. The molecule has 0 bridgehead atoms. The number of esters is 1. The fraction of sp³-hybridized carbons (Fsp3) is 0.263. The number of ether oxygens (including phenoxy) is 3. The van der Waals surface area contributed by atoms with Crippen LogP contribution in [-0.2, 0) is 9.53 Å². The van der Waals surface area contributed by atoms with E-state index in [0.717, 1.165) is 5.56 Å². The summed E-state index contributed by atoms with van der Waals surface area (Å²) in [4.78, 5) is 24.6. The summed E-state index contributed by atoms with van der Waals surface area (Å²) in [6.07, 6.45) is -0.968. The molecule has 0 saturated carbocycles. The molecule has 0 spiro atoms. The largest absolute Gasteiger partial charge is 0.493 e. The van der Waals surface area contributed by atoms with Crippen LogP contribution in [0.3, 0.4) is 0 Å². The SMILES string of the molecule is COc1cccc(C(=O)O[C@H](C)C(=O)Nc2ccc(C)cc2)c1OC. The highest BCUT2D eigenvalue weighted by Crippen LogP contribution is 2.31. The van der Waals surface area contributed by atoms with Crippen molar-refractivity contribution in [1.82, 2.24) is 0 Å². The number of benzene rings is 2. The maximum atomic E-state index is 12.4. The maximum absolute atomic E-state index is 12.4. The van der Waals surface area contributed by atoms with E-state index in [-0.39, 0.29) is 11.3 Å². The van der Waals surface area contributed by atoms with Gasteiger partial charge in [-0.1, -0.05) is 23.8 Å². The van der Waals surface area contributed by atoms with Crippen molar-refractivity contribution < 1.29 is 23.8 Å². The van der Waals surface area contributed by atoms with Crippen LogP contribution in [0, 0.1) is 6.92 Å². The molecule has 25 heavy (non-hydrogen) atoms. The fourth-order valence-corrected chi connectivity index (χ4v) is 2.21. The van der Waals surface area contributed by atoms with Gasteiger partial charge in [0.15, 0.2) is 17.6 Å². The maximum Gasteiger partial charge on any atom is 0.342 e. The second kappa shape index (κ2) is 8.19. The molecule has 0 aliphatic rings. The Morgan fingerprint density at radius 3 is 2.28 bits per heavy atom. The second-order valence-electron chi connectivity index (χ2n) is 5.44. The van der Waals surface area contributed by atoms with Crippen LogP contribution < -0.4 is 14.8 Å². The van der Waals surface area contributed by atoms with E-state index in [1.54, 1.807) is 30.3 Å². The molecule has 0 heterocycles. The van der Waals surface area contributed by atoms with Gasteiger partial charge in [0, 0.05) is 5.69 Å². The molecular weight excluding hydrogens is 322 g/mol. The van der Waals surface area contributed by atoms with E-state index in [1.807, 2.05) is 19.1 Å². The number of amides is 1. The van der Waals surface area contributed by atoms with Gasteiger partial charge >= 0.3 is 5.97 Å². The zero-order valence-corrected chi connectivity index (χ0v) is 14.7. The van der Waals surface area contributed by atoms with Gasteiger partial charge in [-0.25, -0.2) is 4.79 Å². The lowest BCUT2D eigenvalue weighted by atomic mass is 10.2. The summed E-state index contributed by atoms with van der Waals surface area (Å²) < 4.78 is 15.6. The van der Waals surface area contributed by atoms with Crippen LogP contribution in [0.2, 0.25) is 0 Å². The Morgan fingerprint density at radius 1 is 1.00 bits per heavy atom. The number of methoxy groups -OCH3 is 2. The van der Waals surface area contributed by atoms with Crippen LogP contribution in [0.5, 0.6) is 11.5 Å². The van der Waals surface area contributed by atoms with Gasteiger partial charge in [0.25, 0.3) is 5.91 Å².